The van der Waals surface area contributed by atoms with Crippen molar-refractivity contribution in [2.24, 2.45) is 5.10 Å². The Balaban J connectivity index is 1.55. The van der Waals surface area contributed by atoms with Crippen molar-refractivity contribution in [1.82, 2.24) is 9.91 Å². The number of hydrogen-bond acceptors (Lipinski definition) is 4. The van der Waals surface area contributed by atoms with Crippen LogP contribution in [-0.4, -0.2) is 49.4 Å². The summed E-state index contributed by atoms with van der Waals surface area (Å²) in [6.07, 6.45) is 1.96. The van der Waals surface area contributed by atoms with E-state index in [-0.39, 0.29) is 0 Å². The van der Waals surface area contributed by atoms with Crippen LogP contribution in [0.3, 0.4) is 0 Å². The van der Waals surface area contributed by atoms with Crippen LogP contribution in [0.1, 0.15) is 5.56 Å². The second-order valence-electron chi connectivity index (χ2n) is 7.10. The van der Waals surface area contributed by atoms with E-state index in [1.54, 1.807) is 0 Å². The Hall–Kier alpha value is -3.11. The molecule has 4 heteroatoms. The molecule has 4 rings (SSSR count). The van der Waals surface area contributed by atoms with Crippen LogP contribution in [0.2, 0.25) is 0 Å². The lowest BCUT2D eigenvalue weighted by Crippen LogP contribution is -2.41. The molecule has 3 aromatic rings. The number of hydrazone groups is 1. The molecule has 3 aromatic carbocycles. The normalized spacial score (nSPS) is 15.1. The predicted molar refractivity (Wildman–Crippen MR) is 118 cm³/mol. The SMILES string of the molecule is CN1CCN(N=Cc2ccc(N(c3ccccc3)c3ccccc3)cc2)CC1. The van der Waals surface area contributed by atoms with Crippen LogP contribution in [0.15, 0.2) is 90.0 Å². The van der Waals surface area contributed by atoms with Crippen molar-refractivity contribution in [2.75, 3.05) is 38.1 Å². The fraction of sp³-hybridized carbons (Fsp3) is 0.208. The Bertz CT molecular complexity index is 843. The average molecular weight is 371 g/mol. The molecule has 142 valence electrons. The zero-order valence-electron chi connectivity index (χ0n) is 16.3. The summed E-state index contributed by atoms with van der Waals surface area (Å²) in [7, 11) is 2.16. The molecular weight excluding hydrogens is 344 g/mol. The minimum atomic E-state index is 0.987. The summed E-state index contributed by atoms with van der Waals surface area (Å²) in [4.78, 5) is 4.60. The Kier molecular flexibility index (Phi) is 5.69. The van der Waals surface area contributed by atoms with Gasteiger partial charge in [-0.15, -0.1) is 0 Å². The van der Waals surface area contributed by atoms with Gasteiger partial charge in [0.25, 0.3) is 0 Å². The van der Waals surface area contributed by atoms with Crippen molar-refractivity contribution in [3.8, 4) is 0 Å². The molecule has 28 heavy (non-hydrogen) atoms. The van der Waals surface area contributed by atoms with Crippen molar-refractivity contribution < 1.29 is 0 Å². The highest BCUT2D eigenvalue weighted by Gasteiger charge is 2.12. The molecule has 0 bridgehead atoms. The largest absolute Gasteiger partial charge is 0.311 e. The maximum Gasteiger partial charge on any atom is 0.0542 e. The molecule has 0 atom stereocenters. The standard InChI is InChI=1S/C24H26N4/c1-26-16-18-27(19-17-26)25-20-21-12-14-24(15-13-21)28(22-8-4-2-5-9-22)23-10-6-3-7-11-23/h2-15,20H,16-19H2,1H3. The molecule has 1 aliphatic rings. The van der Waals surface area contributed by atoms with E-state index in [0.29, 0.717) is 0 Å². The molecule has 1 saturated heterocycles. The summed E-state index contributed by atoms with van der Waals surface area (Å²) in [6, 6.07) is 29.5. The number of anilines is 3. The van der Waals surface area contributed by atoms with Crippen LogP contribution >= 0.6 is 0 Å². The second kappa shape index (κ2) is 8.72. The first kappa shape index (κ1) is 18.3. The van der Waals surface area contributed by atoms with Crippen LogP contribution in [0.25, 0.3) is 0 Å². The lowest BCUT2D eigenvalue weighted by molar-refractivity contribution is 0.159. The molecule has 1 heterocycles. The van der Waals surface area contributed by atoms with Gasteiger partial charge in [-0.1, -0.05) is 48.5 Å². The van der Waals surface area contributed by atoms with E-state index < -0.39 is 0 Å². The number of rotatable bonds is 5. The highest BCUT2D eigenvalue weighted by Crippen LogP contribution is 2.33. The first-order valence-electron chi connectivity index (χ1n) is 9.77. The third-order valence-corrected chi connectivity index (χ3v) is 5.03. The second-order valence-corrected chi connectivity index (χ2v) is 7.10. The van der Waals surface area contributed by atoms with Crippen molar-refractivity contribution in [3.05, 3.63) is 90.5 Å². The summed E-state index contributed by atoms with van der Waals surface area (Å²) in [5.74, 6) is 0. The molecule has 0 N–H and O–H groups in total. The van der Waals surface area contributed by atoms with Crippen LogP contribution < -0.4 is 4.90 Å². The molecule has 0 aliphatic carbocycles. The first-order chi connectivity index (χ1) is 13.8. The van der Waals surface area contributed by atoms with Crippen molar-refractivity contribution in [3.63, 3.8) is 0 Å². The summed E-state index contributed by atoms with van der Waals surface area (Å²) >= 11 is 0. The van der Waals surface area contributed by atoms with Gasteiger partial charge in [-0.3, -0.25) is 5.01 Å². The molecule has 4 nitrogen and oxygen atoms in total. The third-order valence-electron chi connectivity index (χ3n) is 5.03. The molecule has 0 spiro atoms. The van der Waals surface area contributed by atoms with E-state index in [4.69, 9.17) is 0 Å². The molecule has 0 saturated carbocycles. The number of benzene rings is 3. The van der Waals surface area contributed by atoms with Gasteiger partial charge in [0.1, 0.15) is 0 Å². The highest BCUT2D eigenvalue weighted by atomic mass is 15.5. The van der Waals surface area contributed by atoms with Gasteiger partial charge in [0.15, 0.2) is 0 Å². The topological polar surface area (TPSA) is 22.1 Å². The van der Waals surface area contributed by atoms with Crippen LogP contribution in [-0.2, 0) is 0 Å². The van der Waals surface area contributed by atoms with Gasteiger partial charge in [-0.05, 0) is 49.0 Å². The molecule has 0 amide bonds. The molecule has 1 fully saturated rings. The smallest absolute Gasteiger partial charge is 0.0542 e. The van der Waals surface area contributed by atoms with Gasteiger partial charge in [0.05, 0.1) is 6.21 Å². The predicted octanol–water partition coefficient (Wildman–Crippen LogP) is 4.74. The maximum atomic E-state index is 4.65. The molecular formula is C24H26N4. The quantitative estimate of drug-likeness (QED) is 0.606. The van der Waals surface area contributed by atoms with Gasteiger partial charge >= 0.3 is 0 Å². The Morgan fingerprint density at radius 2 is 1.18 bits per heavy atom. The summed E-state index contributed by atoms with van der Waals surface area (Å²) in [5, 5.41) is 6.79. The van der Waals surface area contributed by atoms with Crippen molar-refractivity contribution >= 4 is 23.3 Å². The molecule has 0 aromatic heterocycles. The monoisotopic (exact) mass is 370 g/mol. The summed E-state index contributed by atoms with van der Waals surface area (Å²) in [5.41, 5.74) is 4.54. The zero-order chi connectivity index (χ0) is 19.2. The number of piperazine rings is 1. The van der Waals surface area contributed by atoms with E-state index in [2.05, 4.69) is 99.8 Å². The molecule has 0 unspecified atom stereocenters. The number of para-hydroxylation sites is 2. The Morgan fingerprint density at radius 3 is 1.71 bits per heavy atom. The van der Waals surface area contributed by atoms with E-state index >= 15 is 0 Å². The van der Waals surface area contributed by atoms with Gasteiger partial charge in [0, 0.05) is 43.2 Å². The maximum absolute atomic E-state index is 4.65. The van der Waals surface area contributed by atoms with E-state index in [1.165, 1.54) is 0 Å². The molecule has 0 radical (unpaired) electrons. The fourth-order valence-corrected chi connectivity index (χ4v) is 3.37. The first-order valence-corrected chi connectivity index (χ1v) is 9.77. The lowest BCUT2D eigenvalue weighted by atomic mass is 10.1. The zero-order valence-corrected chi connectivity index (χ0v) is 16.3. The summed E-state index contributed by atoms with van der Waals surface area (Å²) < 4.78 is 0. The minimum absolute atomic E-state index is 0.987. The van der Waals surface area contributed by atoms with Gasteiger partial charge in [0.2, 0.25) is 0 Å². The Labute approximate surface area is 167 Å². The van der Waals surface area contributed by atoms with Crippen LogP contribution in [0.4, 0.5) is 17.1 Å². The van der Waals surface area contributed by atoms with Crippen LogP contribution in [0, 0.1) is 0 Å². The van der Waals surface area contributed by atoms with E-state index in [0.717, 1.165) is 48.8 Å². The molecule has 1 aliphatic heterocycles. The van der Waals surface area contributed by atoms with Gasteiger partial charge < -0.3 is 9.80 Å². The van der Waals surface area contributed by atoms with Gasteiger partial charge in [-0.2, -0.15) is 5.10 Å². The lowest BCUT2D eigenvalue weighted by Gasteiger charge is -2.30. The van der Waals surface area contributed by atoms with Gasteiger partial charge in [-0.25, -0.2) is 0 Å². The summed E-state index contributed by atoms with van der Waals surface area (Å²) in [6.45, 7) is 4.11. The minimum Gasteiger partial charge on any atom is -0.311 e. The number of likely N-dealkylation sites (N-methyl/N-ethyl adjacent to an activating group) is 1. The van der Waals surface area contributed by atoms with E-state index in [9.17, 15) is 0 Å². The fourth-order valence-electron chi connectivity index (χ4n) is 3.37. The highest BCUT2D eigenvalue weighted by molar-refractivity contribution is 5.82. The van der Waals surface area contributed by atoms with Crippen molar-refractivity contribution in [2.45, 2.75) is 0 Å². The van der Waals surface area contributed by atoms with Crippen LogP contribution in [0.5, 0.6) is 0 Å². The number of nitrogens with zero attached hydrogens (tertiary/aromatic N) is 4. The van der Waals surface area contributed by atoms with Crippen molar-refractivity contribution in [1.29, 1.82) is 0 Å². The average Bonchev–Trinajstić information content (AvgIpc) is 2.76. The Morgan fingerprint density at radius 1 is 0.679 bits per heavy atom. The number of hydrogen-bond donors (Lipinski definition) is 0. The third kappa shape index (κ3) is 4.41. The van der Waals surface area contributed by atoms with E-state index in [1.807, 2.05) is 18.3 Å².